The maximum absolute atomic E-state index is 13.2. The molecule has 9 heteroatoms. The fourth-order valence-electron chi connectivity index (χ4n) is 3.35. The van der Waals surface area contributed by atoms with E-state index < -0.39 is 21.9 Å². The Morgan fingerprint density at radius 2 is 1.77 bits per heavy atom. The number of carbonyl (C=O) groups is 2. The van der Waals surface area contributed by atoms with Crippen molar-refractivity contribution in [2.75, 3.05) is 38.7 Å². The zero-order chi connectivity index (χ0) is 22.6. The Hall–Kier alpha value is -2.75. The standard InChI is InChI=1S/C22H26N2O6S/c1-4-16-7-8-17(14-20(16)31(27,28)24-9-11-30-12-10-24)21(25)23-19-13-18(22(26)29-3)6-5-15(19)2/h5-8,13-14H,4,9-12H2,1-3H3,(H,23,25). The summed E-state index contributed by atoms with van der Waals surface area (Å²) in [7, 11) is -2.47. The van der Waals surface area contributed by atoms with Crippen molar-refractivity contribution in [2.24, 2.45) is 0 Å². The molecule has 1 fully saturated rings. The number of esters is 1. The van der Waals surface area contributed by atoms with Gasteiger partial charge in [-0.15, -0.1) is 0 Å². The topological polar surface area (TPSA) is 102 Å². The van der Waals surface area contributed by atoms with Crippen LogP contribution in [-0.4, -0.2) is 58.0 Å². The third-order valence-electron chi connectivity index (χ3n) is 5.20. The number of benzene rings is 2. The first-order chi connectivity index (χ1) is 14.8. The fraction of sp³-hybridized carbons (Fsp3) is 0.364. The molecule has 0 spiro atoms. The van der Waals surface area contributed by atoms with Crippen molar-refractivity contribution in [3.63, 3.8) is 0 Å². The average Bonchev–Trinajstić information content (AvgIpc) is 2.80. The minimum absolute atomic E-state index is 0.129. The molecule has 1 heterocycles. The second-order valence-corrected chi connectivity index (χ2v) is 9.07. The molecular weight excluding hydrogens is 420 g/mol. The lowest BCUT2D eigenvalue weighted by Gasteiger charge is -2.27. The second-order valence-electron chi connectivity index (χ2n) is 7.17. The lowest BCUT2D eigenvalue weighted by Crippen LogP contribution is -2.41. The van der Waals surface area contributed by atoms with Crippen LogP contribution in [0.5, 0.6) is 0 Å². The molecule has 0 unspecified atom stereocenters. The normalized spacial score (nSPS) is 14.8. The molecule has 8 nitrogen and oxygen atoms in total. The van der Waals surface area contributed by atoms with E-state index in [1.807, 2.05) is 6.92 Å². The van der Waals surface area contributed by atoms with Crippen molar-refractivity contribution in [3.05, 3.63) is 58.7 Å². The van der Waals surface area contributed by atoms with Gasteiger partial charge in [0.25, 0.3) is 5.91 Å². The number of amides is 1. The van der Waals surface area contributed by atoms with Crippen LogP contribution in [0.25, 0.3) is 0 Å². The summed E-state index contributed by atoms with van der Waals surface area (Å²) in [5, 5.41) is 2.77. The number of hydrogen-bond acceptors (Lipinski definition) is 6. The number of morpholine rings is 1. The van der Waals surface area contributed by atoms with Gasteiger partial charge < -0.3 is 14.8 Å². The van der Waals surface area contributed by atoms with Crippen molar-refractivity contribution >= 4 is 27.6 Å². The number of aryl methyl sites for hydroxylation is 2. The number of ether oxygens (including phenoxy) is 2. The van der Waals surface area contributed by atoms with Gasteiger partial charge in [0.1, 0.15) is 0 Å². The van der Waals surface area contributed by atoms with Gasteiger partial charge in [-0.25, -0.2) is 13.2 Å². The van der Waals surface area contributed by atoms with Crippen LogP contribution in [0.2, 0.25) is 0 Å². The molecule has 0 bridgehead atoms. The summed E-state index contributed by atoms with van der Waals surface area (Å²) in [6, 6.07) is 9.53. The number of nitrogens with zero attached hydrogens (tertiary/aromatic N) is 1. The van der Waals surface area contributed by atoms with Crippen molar-refractivity contribution in [2.45, 2.75) is 25.2 Å². The van der Waals surface area contributed by atoms with E-state index in [-0.39, 0.29) is 23.5 Å². The van der Waals surface area contributed by atoms with Gasteiger partial charge in [-0.05, 0) is 48.7 Å². The zero-order valence-electron chi connectivity index (χ0n) is 17.8. The van der Waals surface area contributed by atoms with E-state index in [4.69, 9.17) is 9.47 Å². The van der Waals surface area contributed by atoms with Crippen LogP contribution >= 0.6 is 0 Å². The van der Waals surface area contributed by atoms with Crippen molar-refractivity contribution < 1.29 is 27.5 Å². The van der Waals surface area contributed by atoms with Crippen LogP contribution in [0.4, 0.5) is 5.69 Å². The molecule has 0 saturated carbocycles. The van der Waals surface area contributed by atoms with Crippen LogP contribution in [0.1, 0.15) is 38.8 Å². The Bertz CT molecular complexity index is 1090. The van der Waals surface area contributed by atoms with Gasteiger partial charge in [-0.3, -0.25) is 4.79 Å². The minimum atomic E-state index is -3.75. The van der Waals surface area contributed by atoms with Gasteiger partial charge in [-0.2, -0.15) is 4.31 Å². The Morgan fingerprint density at radius 1 is 1.10 bits per heavy atom. The number of sulfonamides is 1. The van der Waals surface area contributed by atoms with Gasteiger partial charge >= 0.3 is 5.97 Å². The maximum atomic E-state index is 13.2. The molecule has 1 amide bonds. The van der Waals surface area contributed by atoms with Crippen LogP contribution in [-0.2, 0) is 25.9 Å². The summed E-state index contributed by atoms with van der Waals surface area (Å²) >= 11 is 0. The molecule has 166 valence electrons. The largest absolute Gasteiger partial charge is 0.465 e. The molecule has 0 aromatic heterocycles. The highest BCUT2D eigenvalue weighted by Gasteiger charge is 2.29. The number of methoxy groups -OCH3 is 1. The first-order valence-corrected chi connectivity index (χ1v) is 11.4. The highest BCUT2D eigenvalue weighted by atomic mass is 32.2. The first kappa shape index (κ1) is 22.9. The number of rotatable bonds is 6. The second kappa shape index (κ2) is 9.59. The van der Waals surface area contributed by atoms with E-state index in [1.54, 1.807) is 31.2 Å². The molecule has 3 rings (SSSR count). The van der Waals surface area contributed by atoms with E-state index >= 15 is 0 Å². The predicted octanol–water partition coefficient (Wildman–Crippen LogP) is 2.62. The molecule has 1 aliphatic heterocycles. The Labute approximate surface area is 182 Å². The maximum Gasteiger partial charge on any atom is 0.337 e. The van der Waals surface area contributed by atoms with Gasteiger partial charge in [0.2, 0.25) is 10.0 Å². The predicted molar refractivity (Wildman–Crippen MR) is 116 cm³/mol. The summed E-state index contributed by atoms with van der Waals surface area (Å²) in [6.45, 7) is 4.91. The SMILES string of the molecule is CCc1ccc(C(=O)Nc2cc(C(=O)OC)ccc2C)cc1S(=O)(=O)N1CCOCC1. The summed E-state index contributed by atoms with van der Waals surface area (Å²) in [5.41, 5.74) is 2.37. The lowest BCUT2D eigenvalue weighted by molar-refractivity contribution is 0.0600. The quantitative estimate of drug-likeness (QED) is 0.685. The van der Waals surface area contributed by atoms with Crippen molar-refractivity contribution in [1.82, 2.24) is 4.31 Å². The fourth-order valence-corrected chi connectivity index (χ4v) is 5.08. The molecule has 1 saturated heterocycles. The highest BCUT2D eigenvalue weighted by molar-refractivity contribution is 7.89. The Kier molecular flexibility index (Phi) is 7.09. The van der Waals surface area contributed by atoms with Crippen molar-refractivity contribution in [3.8, 4) is 0 Å². The monoisotopic (exact) mass is 446 g/mol. The summed E-state index contributed by atoms with van der Waals surface area (Å²) < 4.78 is 37.8. The van der Waals surface area contributed by atoms with E-state index in [0.717, 1.165) is 5.56 Å². The van der Waals surface area contributed by atoms with Crippen LogP contribution in [0.15, 0.2) is 41.3 Å². The molecule has 1 N–H and O–H groups in total. The smallest absolute Gasteiger partial charge is 0.337 e. The Balaban J connectivity index is 1.93. The molecular formula is C22H26N2O6S. The van der Waals surface area contributed by atoms with Gasteiger partial charge in [0.05, 0.1) is 30.8 Å². The van der Waals surface area contributed by atoms with E-state index in [1.165, 1.54) is 23.5 Å². The van der Waals surface area contributed by atoms with Crippen molar-refractivity contribution in [1.29, 1.82) is 0 Å². The van der Waals surface area contributed by atoms with E-state index in [9.17, 15) is 18.0 Å². The molecule has 0 aliphatic carbocycles. The van der Waals surface area contributed by atoms with Crippen LogP contribution in [0, 0.1) is 6.92 Å². The summed E-state index contributed by atoms with van der Waals surface area (Å²) in [6.07, 6.45) is 0.515. The number of hydrogen-bond donors (Lipinski definition) is 1. The third kappa shape index (κ3) is 4.95. The number of nitrogens with one attached hydrogen (secondary N) is 1. The molecule has 31 heavy (non-hydrogen) atoms. The number of anilines is 1. The molecule has 2 aromatic carbocycles. The first-order valence-electron chi connectivity index (χ1n) is 9.99. The molecule has 2 aromatic rings. The van der Waals surface area contributed by atoms with Crippen LogP contribution < -0.4 is 5.32 Å². The zero-order valence-corrected chi connectivity index (χ0v) is 18.6. The molecule has 1 aliphatic rings. The van der Waals surface area contributed by atoms with E-state index in [2.05, 4.69) is 5.32 Å². The van der Waals surface area contributed by atoms with Gasteiger partial charge in [0, 0.05) is 24.3 Å². The average molecular weight is 447 g/mol. The summed E-state index contributed by atoms with van der Waals surface area (Å²) in [5.74, 6) is -0.979. The molecule has 0 radical (unpaired) electrons. The van der Waals surface area contributed by atoms with Gasteiger partial charge in [0.15, 0.2) is 0 Å². The lowest BCUT2D eigenvalue weighted by atomic mass is 10.1. The number of carbonyl (C=O) groups excluding carboxylic acids is 2. The van der Waals surface area contributed by atoms with Crippen LogP contribution in [0.3, 0.4) is 0 Å². The minimum Gasteiger partial charge on any atom is -0.465 e. The van der Waals surface area contributed by atoms with E-state index in [0.29, 0.717) is 36.4 Å². The Morgan fingerprint density at radius 3 is 2.42 bits per heavy atom. The van der Waals surface area contributed by atoms with Gasteiger partial charge in [-0.1, -0.05) is 19.1 Å². The third-order valence-corrected chi connectivity index (χ3v) is 7.19. The molecule has 0 atom stereocenters. The summed E-state index contributed by atoms with van der Waals surface area (Å²) in [4.78, 5) is 24.8. The highest BCUT2D eigenvalue weighted by Crippen LogP contribution is 2.25.